The number of hydrogen-bond donors (Lipinski definition) is 3. The molecule has 0 spiro atoms. The largest absolute Gasteiger partial charge is 0.481 e. The van der Waals surface area contributed by atoms with Crippen molar-refractivity contribution in [2.45, 2.75) is 53.0 Å². The third-order valence-electron chi connectivity index (χ3n) is 3.73. The summed E-state index contributed by atoms with van der Waals surface area (Å²) < 4.78 is 0. The fourth-order valence-electron chi connectivity index (χ4n) is 1.75. The van der Waals surface area contributed by atoms with Gasteiger partial charge in [-0.2, -0.15) is 0 Å². The van der Waals surface area contributed by atoms with Crippen molar-refractivity contribution in [3.63, 3.8) is 0 Å². The number of carboxylic acids is 1. The lowest BCUT2D eigenvalue weighted by Crippen LogP contribution is -2.41. The van der Waals surface area contributed by atoms with E-state index >= 15 is 0 Å². The second-order valence-corrected chi connectivity index (χ2v) is 6.56. The first-order valence-electron chi connectivity index (χ1n) is 7.58. The minimum absolute atomic E-state index is 0.0798. The number of carboxylic acid groups (broad SMARTS) is 1. The Kier molecular flexibility index (Phi) is 9.01. The summed E-state index contributed by atoms with van der Waals surface area (Å²) in [4.78, 5) is 24.3. The molecule has 0 rings (SSSR count). The van der Waals surface area contributed by atoms with E-state index in [4.69, 9.17) is 5.11 Å². The molecule has 0 aromatic carbocycles. The van der Waals surface area contributed by atoms with Crippen LogP contribution in [0.2, 0.25) is 0 Å². The van der Waals surface area contributed by atoms with Crippen molar-refractivity contribution in [3.8, 4) is 0 Å². The van der Waals surface area contributed by atoms with E-state index in [9.17, 15) is 9.59 Å². The quantitative estimate of drug-likeness (QED) is 0.575. The SMILES string of the molecule is CC(C)N(C)CCNC(=O)NCCC(C)(C)CCC(=O)O. The van der Waals surface area contributed by atoms with Gasteiger partial charge in [-0.3, -0.25) is 4.79 Å². The van der Waals surface area contributed by atoms with Crippen LogP contribution in [0, 0.1) is 5.41 Å². The summed E-state index contributed by atoms with van der Waals surface area (Å²) in [5.41, 5.74) is -0.0798. The van der Waals surface area contributed by atoms with Crippen LogP contribution in [-0.2, 0) is 4.79 Å². The maximum atomic E-state index is 11.6. The second-order valence-electron chi connectivity index (χ2n) is 6.56. The summed E-state index contributed by atoms with van der Waals surface area (Å²) in [6.45, 7) is 10.2. The van der Waals surface area contributed by atoms with E-state index in [1.54, 1.807) is 0 Å². The number of carbonyl (C=O) groups is 2. The van der Waals surface area contributed by atoms with Crippen LogP contribution >= 0.6 is 0 Å². The van der Waals surface area contributed by atoms with Crippen LogP contribution in [0.1, 0.15) is 47.0 Å². The number of hydrogen-bond acceptors (Lipinski definition) is 3. The zero-order valence-corrected chi connectivity index (χ0v) is 14.0. The Balaban J connectivity index is 3.76. The summed E-state index contributed by atoms with van der Waals surface area (Å²) >= 11 is 0. The molecule has 124 valence electrons. The standard InChI is InChI=1S/C15H31N3O3/c1-12(2)18(5)11-10-17-14(21)16-9-8-15(3,4)7-6-13(19)20/h12H,6-11H2,1-5H3,(H,19,20)(H2,16,17,21). The van der Waals surface area contributed by atoms with Crippen molar-refractivity contribution in [2.75, 3.05) is 26.7 Å². The van der Waals surface area contributed by atoms with E-state index in [1.165, 1.54) is 0 Å². The number of urea groups is 1. The average Bonchev–Trinajstić information content (AvgIpc) is 2.36. The molecule has 0 saturated carbocycles. The van der Waals surface area contributed by atoms with E-state index in [-0.39, 0.29) is 17.9 Å². The summed E-state index contributed by atoms with van der Waals surface area (Å²) in [6.07, 6.45) is 1.55. The highest BCUT2D eigenvalue weighted by Gasteiger charge is 2.19. The fraction of sp³-hybridized carbons (Fsp3) is 0.867. The maximum absolute atomic E-state index is 11.6. The zero-order chi connectivity index (χ0) is 16.5. The first-order chi connectivity index (χ1) is 9.64. The number of nitrogens with one attached hydrogen (secondary N) is 2. The van der Waals surface area contributed by atoms with Crippen molar-refractivity contribution >= 4 is 12.0 Å². The van der Waals surface area contributed by atoms with Gasteiger partial charge in [0.1, 0.15) is 0 Å². The van der Waals surface area contributed by atoms with Crippen LogP contribution in [0.25, 0.3) is 0 Å². The lowest BCUT2D eigenvalue weighted by molar-refractivity contribution is -0.137. The number of aliphatic carboxylic acids is 1. The molecule has 0 unspecified atom stereocenters. The minimum Gasteiger partial charge on any atom is -0.481 e. The van der Waals surface area contributed by atoms with Gasteiger partial charge in [0, 0.05) is 32.1 Å². The molecule has 0 aliphatic rings. The molecule has 0 aliphatic heterocycles. The highest BCUT2D eigenvalue weighted by Crippen LogP contribution is 2.25. The van der Waals surface area contributed by atoms with Gasteiger partial charge < -0.3 is 20.6 Å². The molecule has 0 saturated heterocycles. The van der Waals surface area contributed by atoms with Gasteiger partial charge in [0.2, 0.25) is 0 Å². The topological polar surface area (TPSA) is 81.7 Å². The van der Waals surface area contributed by atoms with E-state index in [2.05, 4.69) is 29.4 Å². The van der Waals surface area contributed by atoms with Crippen LogP contribution in [0.15, 0.2) is 0 Å². The highest BCUT2D eigenvalue weighted by molar-refractivity contribution is 5.73. The third kappa shape index (κ3) is 11.1. The van der Waals surface area contributed by atoms with Gasteiger partial charge in [-0.05, 0) is 39.2 Å². The van der Waals surface area contributed by atoms with Gasteiger partial charge in [0.15, 0.2) is 0 Å². The lowest BCUT2D eigenvalue weighted by Gasteiger charge is -2.24. The van der Waals surface area contributed by atoms with Gasteiger partial charge in [0.25, 0.3) is 0 Å². The number of likely N-dealkylation sites (N-methyl/N-ethyl adjacent to an activating group) is 1. The van der Waals surface area contributed by atoms with Crippen LogP contribution < -0.4 is 10.6 Å². The van der Waals surface area contributed by atoms with Crippen LogP contribution in [0.4, 0.5) is 4.79 Å². The van der Waals surface area contributed by atoms with Crippen molar-refractivity contribution in [1.82, 2.24) is 15.5 Å². The second kappa shape index (κ2) is 9.60. The van der Waals surface area contributed by atoms with Crippen LogP contribution in [-0.4, -0.2) is 54.7 Å². The average molecular weight is 301 g/mol. The first kappa shape index (κ1) is 19.7. The fourth-order valence-corrected chi connectivity index (χ4v) is 1.75. The monoisotopic (exact) mass is 301 g/mol. The van der Waals surface area contributed by atoms with Crippen LogP contribution in [0.3, 0.4) is 0 Å². The molecule has 0 heterocycles. The number of carbonyl (C=O) groups excluding carboxylic acids is 1. The minimum atomic E-state index is -0.775. The molecule has 6 heteroatoms. The Morgan fingerprint density at radius 3 is 2.24 bits per heavy atom. The van der Waals surface area contributed by atoms with Gasteiger partial charge in [0.05, 0.1) is 0 Å². The molecule has 0 bridgehead atoms. The molecular formula is C15H31N3O3. The van der Waals surface area contributed by atoms with E-state index in [0.717, 1.165) is 13.0 Å². The van der Waals surface area contributed by atoms with Gasteiger partial charge >= 0.3 is 12.0 Å². The van der Waals surface area contributed by atoms with Crippen molar-refractivity contribution in [3.05, 3.63) is 0 Å². The summed E-state index contributed by atoms with van der Waals surface area (Å²) in [5, 5.41) is 14.3. The van der Waals surface area contributed by atoms with Gasteiger partial charge in [-0.25, -0.2) is 4.79 Å². The van der Waals surface area contributed by atoms with E-state index < -0.39 is 5.97 Å². The normalized spacial score (nSPS) is 11.8. The Hall–Kier alpha value is -1.30. The lowest BCUT2D eigenvalue weighted by atomic mass is 9.84. The maximum Gasteiger partial charge on any atom is 0.314 e. The third-order valence-corrected chi connectivity index (χ3v) is 3.73. The Bertz CT molecular complexity index is 330. The molecule has 0 atom stereocenters. The molecular weight excluding hydrogens is 270 g/mol. The summed E-state index contributed by atoms with van der Waals surface area (Å²) in [6, 6.07) is 0.297. The molecule has 21 heavy (non-hydrogen) atoms. The zero-order valence-electron chi connectivity index (χ0n) is 14.0. The molecule has 0 radical (unpaired) electrons. The molecule has 2 amide bonds. The molecule has 3 N–H and O–H groups in total. The molecule has 0 fully saturated rings. The molecule has 0 aromatic rings. The number of rotatable bonds is 10. The van der Waals surface area contributed by atoms with Crippen LogP contribution in [0.5, 0.6) is 0 Å². The van der Waals surface area contributed by atoms with Crippen molar-refractivity contribution in [2.24, 2.45) is 5.41 Å². The molecule has 0 aromatic heterocycles. The molecule has 0 aliphatic carbocycles. The summed E-state index contributed by atoms with van der Waals surface area (Å²) in [7, 11) is 2.02. The van der Waals surface area contributed by atoms with E-state index in [1.807, 2.05) is 20.9 Å². The number of nitrogens with zero attached hydrogens (tertiary/aromatic N) is 1. The van der Waals surface area contributed by atoms with E-state index in [0.29, 0.717) is 25.6 Å². The number of amides is 2. The summed E-state index contributed by atoms with van der Waals surface area (Å²) in [5.74, 6) is -0.775. The van der Waals surface area contributed by atoms with Crippen molar-refractivity contribution < 1.29 is 14.7 Å². The van der Waals surface area contributed by atoms with Gasteiger partial charge in [-0.1, -0.05) is 13.8 Å². The molecule has 6 nitrogen and oxygen atoms in total. The first-order valence-corrected chi connectivity index (χ1v) is 7.58. The smallest absolute Gasteiger partial charge is 0.314 e. The predicted octanol–water partition coefficient (Wildman–Crippen LogP) is 1.91. The van der Waals surface area contributed by atoms with Crippen molar-refractivity contribution in [1.29, 1.82) is 0 Å². The Labute approximate surface area is 128 Å². The predicted molar refractivity (Wildman–Crippen MR) is 84.4 cm³/mol. The Morgan fingerprint density at radius 1 is 1.14 bits per heavy atom. The highest BCUT2D eigenvalue weighted by atomic mass is 16.4. The van der Waals surface area contributed by atoms with Gasteiger partial charge in [-0.15, -0.1) is 0 Å². The Morgan fingerprint density at radius 2 is 1.71 bits per heavy atom.